The van der Waals surface area contributed by atoms with Crippen molar-refractivity contribution in [1.29, 1.82) is 5.26 Å². The first-order valence-corrected chi connectivity index (χ1v) is 4.88. The molecule has 0 saturated carbocycles. The van der Waals surface area contributed by atoms with E-state index in [1.54, 1.807) is 6.92 Å². The van der Waals surface area contributed by atoms with E-state index in [2.05, 4.69) is 11.4 Å². The van der Waals surface area contributed by atoms with E-state index in [4.69, 9.17) is 11.0 Å². The molecule has 0 aromatic rings. The van der Waals surface area contributed by atoms with Crippen molar-refractivity contribution in [1.82, 2.24) is 5.32 Å². The van der Waals surface area contributed by atoms with Crippen LogP contribution in [0.25, 0.3) is 0 Å². The second kappa shape index (κ2) is 5.61. The first kappa shape index (κ1) is 12.9. The molecule has 0 radical (unpaired) electrons. The van der Waals surface area contributed by atoms with Crippen molar-refractivity contribution in [3.05, 3.63) is 0 Å². The molecule has 80 valence electrons. The molecule has 2 atom stereocenters. The summed E-state index contributed by atoms with van der Waals surface area (Å²) in [6.45, 7) is 6.26. The molecule has 0 aromatic carbocycles. The van der Waals surface area contributed by atoms with Gasteiger partial charge in [0.1, 0.15) is 0 Å². The fourth-order valence-electron chi connectivity index (χ4n) is 0.902. The molecule has 0 rings (SSSR count). The van der Waals surface area contributed by atoms with Gasteiger partial charge in [0.2, 0.25) is 5.91 Å². The lowest BCUT2D eigenvalue weighted by atomic mass is 9.86. The van der Waals surface area contributed by atoms with E-state index in [0.717, 1.165) is 0 Å². The Kier molecular flexibility index (Phi) is 5.18. The quantitative estimate of drug-likeness (QED) is 0.678. The molecule has 0 spiro atoms. The van der Waals surface area contributed by atoms with Crippen LogP contribution in [0, 0.1) is 22.7 Å². The van der Waals surface area contributed by atoms with Gasteiger partial charge in [-0.25, -0.2) is 0 Å². The molecule has 0 bridgehead atoms. The van der Waals surface area contributed by atoms with Gasteiger partial charge in [0.15, 0.2) is 0 Å². The van der Waals surface area contributed by atoms with Gasteiger partial charge in [-0.2, -0.15) is 5.26 Å². The van der Waals surface area contributed by atoms with Gasteiger partial charge >= 0.3 is 0 Å². The number of rotatable bonds is 5. The smallest absolute Gasteiger partial charge is 0.227 e. The van der Waals surface area contributed by atoms with E-state index in [9.17, 15) is 4.79 Å². The minimum Gasteiger partial charge on any atom is -0.354 e. The molecule has 0 saturated heterocycles. The van der Waals surface area contributed by atoms with Crippen molar-refractivity contribution >= 4 is 5.91 Å². The van der Waals surface area contributed by atoms with Crippen LogP contribution in [0.1, 0.15) is 27.2 Å². The molecule has 0 aliphatic carbocycles. The lowest BCUT2D eigenvalue weighted by Gasteiger charge is -2.25. The molecule has 1 amide bonds. The Morgan fingerprint density at radius 2 is 2.29 bits per heavy atom. The largest absolute Gasteiger partial charge is 0.354 e. The molecule has 2 unspecified atom stereocenters. The second-order valence-electron chi connectivity index (χ2n) is 3.86. The molecule has 0 aliphatic rings. The number of nitrogens with one attached hydrogen (secondary N) is 1. The van der Waals surface area contributed by atoms with Crippen molar-refractivity contribution < 1.29 is 4.79 Å². The van der Waals surface area contributed by atoms with Gasteiger partial charge in [-0.05, 0) is 20.3 Å². The van der Waals surface area contributed by atoms with Gasteiger partial charge in [-0.15, -0.1) is 0 Å². The fourth-order valence-corrected chi connectivity index (χ4v) is 0.902. The molecule has 14 heavy (non-hydrogen) atoms. The van der Waals surface area contributed by atoms with Crippen molar-refractivity contribution in [2.75, 3.05) is 13.1 Å². The number of amides is 1. The lowest BCUT2D eigenvalue weighted by Crippen LogP contribution is -2.44. The van der Waals surface area contributed by atoms with E-state index in [1.165, 1.54) is 0 Å². The highest BCUT2D eigenvalue weighted by molar-refractivity contribution is 5.82. The van der Waals surface area contributed by atoms with Gasteiger partial charge in [0.05, 0.1) is 17.4 Å². The van der Waals surface area contributed by atoms with Crippen molar-refractivity contribution in [2.45, 2.75) is 27.2 Å². The standard InChI is InChI=1S/C10H19N3O/c1-4-10(3,7-12)9(14)13-6-8(2)5-11/h8H,4,6-7,12H2,1-3H3,(H,13,14). The highest BCUT2D eigenvalue weighted by atomic mass is 16.2. The van der Waals surface area contributed by atoms with E-state index in [1.807, 2.05) is 13.8 Å². The topological polar surface area (TPSA) is 78.9 Å². The third-order valence-electron chi connectivity index (χ3n) is 2.57. The molecular formula is C10H19N3O. The zero-order valence-corrected chi connectivity index (χ0v) is 9.13. The molecule has 4 nitrogen and oxygen atoms in total. The number of hydrogen-bond acceptors (Lipinski definition) is 3. The van der Waals surface area contributed by atoms with Crippen LogP contribution >= 0.6 is 0 Å². The summed E-state index contributed by atoms with van der Waals surface area (Å²) < 4.78 is 0. The molecule has 0 aromatic heterocycles. The SMILES string of the molecule is CCC(C)(CN)C(=O)NCC(C)C#N. The Morgan fingerprint density at radius 1 is 1.71 bits per heavy atom. The fraction of sp³-hybridized carbons (Fsp3) is 0.800. The van der Waals surface area contributed by atoms with Crippen molar-refractivity contribution in [2.24, 2.45) is 17.1 Å². The van der Waals surface area contributed by atoms with Crippen LogP contribution in [0.4, 0.5) is 0 Å². The Labute approximate surface area is 85.5 Å². The molecule has 3 N–H and O–H groups in total. The number of hydrogen-bond donors (Lipinski definition) is 2. The summed E-state index contributed by atoms with van der Waals surface area (Å²) in [5.41, 5.74) is 5.03. The summed E-state index contributed by atoms with van der Waals surface area (Å²) in [6.07, 6.45) is 0.705. The monoisotopic (exact) mass is 197 g/mol. The first-order chi connectivity index (χ1) is 6.50. The number of carbonyl (C=O) groups excluding carboxylic acids is 1. The van der Waals surface area contributed by atoms with E-state index < -0.39 is 5.41 Å². The zero-order valence-electron chi connectivity index (χ0n) is 9.13. The molecule has 0 aliphatic heterocycles. The van der Waals surface area contributed by atoms with Gasteiger partial charge in [-0.1, -0.05) is 6.92 Å². The summed E-state index contributed by atoms with van der Waals surface area (Å²) in [5.74, 6) is -0.220. The maximum Gasteiger partial charge on any atom is 0.227 e. The van der Waals surface area contributed by atoms with E-state index in [-0.39, 0.29) is 11.8 Å². The van der Waals surface area contributed by atoms with Crippen LogP contribution in [-0.2, 0) is 4.79 Å². The predicted molar refractivity (Wildman–Crippen MR) is 55.2 cm³/mol. The third-order valence-corrected chi connectivity index (χ3v) is 2.57. The minimum absolute atomic E-state index is 0.0652. The summed E-state index contributed by atoms with van der Waals surface area (Å²) in [6, 6.07) is 2.06. The van der Waals surface area contributed by atoms with Crippen molar-refractivity contribution in [3.8, 4) is 6.07 Å². The Hall–Kier alpha value is -1.08. The van der Waals surface area contributed by atoms with Gasteiger partial charge in [-0.3, -0.25) is 4.79 Å². The van der Waals surface area contributed by atoms with Crippen LogP contribution in [0.5, 0.6) is 0 Å². The van der Waals surface area contributed by atoms with E-state index in [0.29, 0.717) is 19.5 Å². The molecular weight excluding hydrogens is 178 g/mol. The number of nitriles is 1. The highest BCUT2D eigenvalue weighted by Crippen LogP contribution is 2.18. The zero-order chi connectivity index (χ0) is 11.2. The maximum atomic E-state index is 11.6. The van der Waals surface area contributed by atoms with Crippen LogP contribution in [0.15, 0.2) is 0 Å². The first-order valence-electron chi connectivity index (χ1n) is 4.88. The van der Waals surface area contributed by atoms with E-state index >= 15 is 0 Å². The Balaban J connectivity index is 4.14. The predicted octanol–water partition coefficient (Wildman–Crippen LogP) is 0.637. The summed E-state index contributed by atoms with van der Waals surface area (Å²) >= 11 is 0. The summed E-state index contributed by atoms with van der Waals surface area (Å²) in [7, 11) is 0. The molecule has 0 heterocycles. The Bertz CT molecular complexity index is 228. The Morgan fingerprint density at radius 3 is 2.64 bits per heavy atom. The van der Waals surface area contributed by atoms with Gasteiger partial charge in [0, 0.05) is 13.1 Å². The molecule has 0 fully saturated rings. The number of carbonyl (C=O) groups is 1. The van der Waals surface area contributed by atoms with Crippen molar-refractivity contribution in [3.63, 3.8) is 0 Å². The minimum atomic E-state index is -0.505. The average Bonchev–Trinajstić information content (AvgIpc) is 2.23. The average molecular weight is 197 g/mol. The second-order valence-corrected chi connectivity index (χ2v) is 3.86. The number of nitrogens with two attached hydrogens (primary N) is 1. The van der Waals surface area contributed by atoms with Gasteiger partial charge in [0.25, 0.3) is 0 Å². The van der Waals surface area contributed by atoms with Crippen LogP contribution in [0.2, 0.25) is 0 Å². The summed E-state index contributed by atoms with van der Waals surface area (Å²) in [5, 5.41) is 11.3. The van der Waals surface area contributed by atoms with Crippen LogP contribution in [0.3, 0.4) is 0 Å². The van der Waals surface area contributed by atoms with Crippen LogP contribution < -0.4 is 11.1 Å². The van der Waals surface area contributed by atoms with Crippen LogP contribution in [-0.4, -0.2) is 19.0 Å². The third kappa shape index (κ3) is 3.35. The lowest BCUT2D eigenvalue weighted by molar-refractivity contribution is -0.129. The maximum absolute atomic E-state index is 11.6. The highest BCUT2D eigenvalue weighted by Gasteiger charge is 2.29. The summed E-state index contributed by atoms with van der Waals surface area (Å²) in [4.78, 5) is 11.6. The normalized spacial score (nSPS) is 16.5. The number of nitrogens with zero attached hydrogens (tertiary/aromatic N) is 1. The van der Waals surface area contributed by atoms with Gasteiger partial charge < -0.3 is 11.1 Å². The molecule has 4 heteroatoms.